The van der Waals surface area contributed by atoms with E-state index in [1.807, 2.05) is 0 Å². The molecule has 0 aromatic heterocycles. The van der Waals surface area contributed by atoms with Crippen molar-refractivity contribution >= 4 is 21.8 Å². The van der Waals surface area contributed by atoms with Crippen LogP contribution in [-0.4, -0.2) is 34.6 Å². The fourth-order valence-electron chi connectivity index (χ4n) is 1.24. The highest BCUT2D eigenvalue weighted by molar-refractivity contribution is 9.12. The largest absolute Gasteiger partial charge is 0.388 e. The number of β-amino-alcohol motifs (C(OH)–C–C–N with tert-alkyl or cyclic N) is 1. The second-order valence-corrected chi connectivity index (χ2v) is 3.59. The van der Waals surface area contributed by atoms with Crippen LogP contribution in [0.3, 0.4) is 0 Å². The summed E-state index contributed by atoms with van der Waals surface area (Å²) in [5.41, 5.74) is -0.732. The number of rotatable bonds is 0. The van der Waals surface area contributed by atoms with E-state index >= 15 is 0 Å². The van der Waals surface area contributed by atoms with Crippen LogP contribution in [0.25, 0.3) is 0 Å². The third-order valence-corrected chi connectivity index (χ3v) is 2.09. The normalized spacial score (nSPS) is 28.1. The van der Waals surface area contributed by atoms with Gasteiger partial charge in [-0.15, -0.1) is 0 Å². The molecule has 0 radical (unpaired) electrons. The number of nitrogens with zero attached hydrogens (tertiary/aromatic N) is 1. The summed E-state index contributed by atoms with van der Waals surface area (Å²) in [5.74, 6) is 2.14. The Morgan fingerprint density at radius 1 is 1.75 bits per heavy atom. The van der Waals surface area contributed by atoms with E-state index in [2.05, 4.69) is 26.7 Å². The molecule has 66 valence electrons. The Morgan fingerprint density at radius 2 is 2.42 bits per heavy atom. The Kier molecular flexibility index (Phi) is 2.76. The number of hydrogen-bond donors (Lipinski definition) is 1. The Balaban J connectivity index is 2.56. The summed E-state index contributed by atoms with van der Waals surface area (Å²) < 4.78 is 0. The molecule has 12 heavy (non-hydrogen) atoms. The third-order valence-electron chi connectivity index (χ3n) is 1.89. The van der Waals surface area contributed by atoms with Crippen molar-refractivity contribution in [3.05, 3.63) is 0 Å². The van der Waals surface area contributed by atoms with Crippen molar-refractivity contribution < 1.29 is 9.90 Å². The maximum absolute atomic E-state index is 11.1. The molecular weight excluding hydrogens is 222 g/mol. The third kappa shape index (κ3) is 2.23. The predicted molar refractivity (Wildman–Crippen MR) is 48.5 cm³/mol. The molecule has 1 heterocycles. The van der Waals surface area contributed by atoms with E-state index in [9.17, 15) is 9.90 Å². The van der Waals surface area contributed by atoms with Crippen molar-refractivity contribution in [2.45, 2.75) is 18.9 Å². The molecule has 0 bridgehead atoms. The molecule has 0 aliphatic carbocycles. The average Bonchev–Trinajstić information content (AvgIpc) is 2.31. The molecule has 0 aromatic rings. The van der Waals surface area contributed by atoms with E-state index in [0.29, 0.717) is 19.5 Å². The van der Waals surface area contributed by atoms with Gasteiger partial charge in [0.25, 0.3) is 5.91 Å². The summed E-state index contributed by atoms with van der Waals surface area (Å²) in [6.07, 6.45) is 0.628. The highest BCUT2D eigenvalue weighted by Crippen LogP contribution is 2.19. The number of amides is 1. The second kappa shape index (κ2) is 3.46. The van der Waals surface area contributed by atoms with Gasteiger partial charge in [0, 0.05) is 28.4 Å². The standard InChI is InChI=1S/C8H10BrNO2/c1-8(12)3-5-10(6-8)7(11)2-4-9/h12H,3,5-6H2,1H3. The minimum atomic E-state index is -0.732. The van der Waals surface area contributed by atoms with Crippen LogP contribution in [0.2, 0.25) is 0 Å². The quantitative estimate of drug-likeness (QED) is 0.611. The van der Waals surface area contributed by atoms with Crippen molar-refractivity contribution in [3.8, 4) is 10.8 Å². The van der Waals surface area contributed by atoms with Crippen molar-refractivity contribution in [2.24, 2.45) is 0 Å². The Morgan fingerprint density at radius 3 is 2.83 bits per heavy atom. The van der Waals surface area contributed by atoms with Gasteiger partial charge in [0.1, 0.15) is 0 Å². The maximum atomic E-state index is 11.1. The second-order valence-electron chi connectivity index (χ2n) is 3.19. The first kappa shape index (κ1) is 9.56. The van der Waals surface area contributed by atoms with Gasteiger partial charge in [0.05, 0.1) is 12.1 Å². The van der Waals surface area contributed by atoms with Crippen molar-refractivity contribution in [2.75, 3.05) is 13.1 Å². The van der Waals surface area contributed by atoms with Gasteiger partial charge in [-0.1, -0.05) is 0 Å². The number of halogens is 1. The van der Waals surface area contributed by atoms with Gasteiger partial charge in [-0.05, 0) is 18.2 Å². The molecule has 0 spiro atoms. The zero-order chi connectivity index (χ0) is 9.19. The number of carbonyl (C=O) groups is 1. The zero-order valence-corrected chi connectivity index (χ0v) is 8.39. The summed E-state index contributed by atoms with van der Waals surface area (Å²) in [7, 11) is 0. The molecule has 1 N–H and O–H groups in total. The molecule has 1 saturated heterocycles. The van der Waals surface area contributed by atoms with E-state index in [1.54, 1.807) is 11.8 Å². The van der Waals surface area contributed by atoms with Crippen LogP contribution in [0.1, 0.15) is 13.3 Å². The smallest absolute Gasteiger partial charge is 0.299 e. The van der Waals surface area contributed by atoms with Gasteiger partial charge in [0.2, 0.25) is 0 Å². The number of hydrogen-bond acceptors (Lipinski definition) is 2. The highest BCUT2D eigenvalue weighted by atomic mass is 79.9. The van der Waals surface area contributed by atoms with E-state index < -0.39 is 5.60 Å². The van der Waals surface area contributed by atoms with Gasteiger partial charge < -0.3 is 10.0 Å². The van der Waals surface area contributed by atoms with Crippen LogP contribution in [0.15, 0.2) is 0 Å². The van der Waals surface area contributed by atoms with Gasteiger partial charge >= 0.3 is 0 Å². The van der Waals surface area contributed by atoms with Crippen LogP contribution >= 0.6 is 15.9 Å². The van der Waals surface area contributed by atoms with Crippen LogP contribution in [0, 0.1) is 10.8 Å². The molecule has 1 unspecified atom stereocenters. The summed E-state index contributed by atoms with van der Waals surface area (Å²) in [6.45, 7) is 2.70. The van der Waals surface area contributed by atoms with Gasteiger partial charge in [-0.2, -0.15) is 0 Å². The lowest BCUT2D eigenvalue weighted by Gasteiger charge is -2.16. The van der Waals surface area contributed by atoms with Gasteiger partial charge in [-0.25, -0.2) is 0 Å². The lowest BCUT2D eigenvalue weighted by atomic mass is 10.1. The molecule has 4 heteroatoms. The van der Waals surface area contributed by atoms with Gasteiger partial charge in [0.15, 0.2) is 0 Å². The molecule has 3 nitrogen and oxygen atoms in total. The molecular formula is C8H10BrNO2. The Bertz CT molecular complexity index is 252. The van der Waals surface area contributed by atoms with Crippen molar-refractivity contribution in [3.63, 3.8) is 0 Å². The SMILES string of the molecule is CC1(O)CCN(C(=O)C#CBr)C1. The number of likely N-dealkylation sites (tertiary alicyclic amines) is 1. The molecule has 0 aromatic carbocycles. The molecule has 0 saturated carbocycles. The summed E-state index contributed by atoms with van der Waals surface area (Å²) >= 11 is 2.85. The van der Waals surface area contributed by atoms with Crippen LogP contribution < -0.4 is 0 Å². The summed E-state index contributed by atoms with van der Waals surface area (Å²) in [4.78, 5) is 15.1. The van der Waals surface area contributed by atoms with Gasteiger partial charge in [-0.3, -0.25) is 4.79 Å². The Hall–Kier alpha value is -0.530. The van der Waals surface area contributed by atoms with E-state index in [4.69, 9.17) is 0 Å². The average molecular weight is 232 g/mol. The molecule has 1 amide bonds. The zero-order valence-electron chi connectivity index (χ0n) is 6.80. The fraction of sp³-hybridized carbons (Fsp3) is 0.625. The molecule has 1 fully saturated rings. The summed E-state index contributed by atoms with van der Waals surface area (Å²) in [6, 6.07) is 0. The number of aliphatic hydroxyl groups is 1. The first-order valence-corrected chi connectivity index (χ1v) is 4.47. The van der Waals surface area contributed by atoms with Crippen molar-refractivity contribution in [1.29, 1.82) is 0 Å². The monoisotopic (exact) mass is 231 g/mol. The van der Waals surface area contributed by atoms with Crippen LogP contribution in [0.4, 0.5) is 0 Å². The van der Waals surface area contributed by atoms with Crippen LogP contribution in [-0.2, 0) is 4.79 Å². The van der Waals surface area contributed by atoms with E-state index in [0.717, 1.165) is 0 Å². The molecule has 1 aliphatic rings. The van der Waals surface area contributed by atoms with Crippen molar-refractivity contribution in [1.82, 2.24) is 4.90 Å². The number of carbonyl (C=O) groups excluding carboxylic acids is 1. The molecule has 1 atom stereocenters. The van der Waals surface area contributed by atoms with Crippen LogP contribution in [0.5, 0.6) is 0 Å². The predicted octanol–water partition coefficient (Wildman–Crippen LogP) is 0.326. The minimum Gasteiger partial charge on any atom is -0.388 e. The first-order chi connectivity index (χ1) is 5.55. The minimum absolute atomic E-state index is 0.232. The maximum Gasteiger partial charge on any atom is 0.299 e. The van der Waals surface area contributed by atoms with E-state index in [-0.39, 0.29) is 5.91 Å². The topological polar surface area (TPSA) is 40.5 Å². The lowest BCUT2D eigenvalue weighted by Crippen LogP contribution is -2.33. The summed E-state index contributed by atoms with van der Waals surface area (Å²) in [5, 5.41) is 9.53. The molecule has 1 aliphatic heterocycles. The highest BCUT2D eigenvalue weighted by Gasteiger charge is 2.33. The Labute approximate surface area is 79.9 Å². The van der Waals surface area contributed by atoms with E-state index in [1.165, 1.54) is 0 Å². The molecule has 1 rings (SSSR count). The fourth-order valence-corrected chi connectivity index (χ4v) is 1.41. The first-order valence-electron chi connectivity index (χ1n) is 3.68. The lowest BCUT2D eigenvalue weighted by molar-refractivity contribution is -0.124.